The smallest absolute Gasteiger partial charge is 0.307 e. The molecule has 0 saturated carbocycles. The van der Waals surface area contributed by atoms with E-state index in [4.69, 9.17) is 5.11 Å². The first kappa shape index (κ1) is 11.7. The van der Waals surface area contributed by atoms with Gasteiger partial charge in [-0.15, -0.1) is 0 Å². The standard InChI is InChI=1S/C12H16O3/c1-2-3-4-5-10-9(8-12(14)15)6-7-11(10)13/h3-4H,2,5-8H2,1H3,(H,14,15)/b4-3-. The van der Waals surface area contributed by atoms with E-state index >= 15 is 0 Å². The highest BCUT2D eigenvalue weighted by molar-refractivity contribution is 5.99. The van der Waals surface area contributed by atoms with Gasteiger partial charge in [0.05, 0.1) is 6.42 Å². The summed E-state index contributed by atoms with van der Waals surface area (Å²) in [5.41, 5.74) is 1.54. The first-order chi connectivity index (χ1) is 7.15. The Labute approximate surface area is 89.5 Å². The van der Waals surface area contributed by atoms with Crippen LogP contribution in [0.3, 0.4) is 0 Å². The molecule has 0 bridgehead atoms. The molecule has 0 aromatic heterocycles. The lowest BCUT2D eigenvalue weighted by atomic mass is 10.0. The van der Waals surface area contributed by atoms with Crippen LogP contribution in [0.25, 0.3) is 0 Å². The highest BCUT2D eigenvalue weighted by Gasteiger charge is 2.22. The van der Waals surface area contributed by atoms with E-state index in [1.54, 1.807) is 0 Å². The molecule has 0 aromatic rings. The zero-order valence-electron chi connectivity index (χ0n) is 8.95. The normalized spacial score (nSPS) is 16.7. The van der Waals surface area contributed by atoms with Crippen LogP contribution in [-0.4, -0.2) is 16.9 Å². The van der Waals surface area contributed by atoms with Crippen LogP contribution in [-0.2, 0) is 9.59 Å². The number of hydrogen-bond acceptors (Lipinski definition) is 2. The highest BCUT2D eigenvalue weighted by atomic mass is 16.4. The number of hydrogen-bond donors (Lipinski definition) is 1. The van der Waals surface area contributed by atoms with Crippen LogP contribution in [0, 0.1) is 0 Å². The van der Waals surface area contributed by atoms with Gasteiger partial charge >= 0.3 is 5.97 Å². The van der Waals surface area contributed by atoms with Crippen molar-refractivity contribution in [3.8, 4) is 0 Å². The molecule has 1 aliphatic carbocycles. The molecule has 1 aliphatic rings. The number of Topliss-reactive ketones (excluding diaryl/α,β-unsaturated/α-hetero) is 1. The van der Waals surface area contributed by atoms with E-state index in [9.17, 15) is 9.59 Å². The van der Waals surface area contributed by atoms with Crippen molar-refractivity contribution >= 4 is 11.8 Å². The molecule has 0 aromatic carbocycles. The van der Waals surface area contributed by atoms with Crippen LogP contribution in [0.4, 0.5) is 0 Å². The number of carboxylic acids is 1. The monoisotopic (exact) mass is 208 g/mol. The molecular weight excluding hydrogens is 192 g/mol. The van der Waals surface area contributed by atoms with Crippen molar-refractivity contribution in [1.82, 2.24) is 0 Å². The predicted octanol–water partition coefficient (Wildman–Crippen LogP) is 2.48. The maximum absolute atomic E-state index is 11.5. The maximum Gasteiger partial charge on any atom is 0.307 e. The first-order valence-corrected chi connectivity index (χ1v) is 5.26. The summed E-state index contributed by atoms with van der Waals surface area (Å²) in [6, 6.07) is 0. The molecule has 0 radical (unpaired) electrons. The van der Waals surface area contributed by atoms with Crippen LogP contribution in [0.1, 0.15) is 39.0 Å². The van der Waals surface area contributed by atoms with E-state index < -0.39 is 5.97 Å². The number of allylic oxidation sites excluding steroid dienone is 3. The van der Waals surface area contributed by atoms with E-state index in [1.807, 2.05) is 19.1 Å². The molecule has 0 atom stereocenters. The zero-order chi connectivity index (χ0) is 11.3. The minimum Gasteiger partial charge on any atom is -0.481 e. The van der Waals surface area contributed by atoms with Crippen molar-refractivity contribution in [2.24, 2.45) is 0 Å². The number of rotatable bonds is 5. The largest absolute Gasteiger partial charge is 0.481 e. The average Bonchev–Trinajstić information content (AvgIpc) is 2.49. The van der Waals surface area contributed by atoms with Crippen LogP contribution in [0.15, 0.2) is 23.3 Å². The topological polar surface area (TPSA) is 54.4 Å². The van der Waals surface area contributed by atoms with Gasteiger partial charge < -0.3 is 5.11 Å². The lowest BCUT2D eigenvalue weighted by molar-refractivity contribution is -0.136. The van der Waals surface area contributed by atoms with Gasteiger partial charge in [-0.2, -0.15) is 0 Å². The molecule has 0 aliphatic heterocycles. The summed E-state index contributed by atoms with van der Waals surface area (Å²) in [6.07, 6.45) is 6.60. The zero-order valence-corrected chi connectivity index (χ0v) is 8.95. The lowest BCUT2D eigenvalue weighted by Crippen LogP contribution is -1.99. The summed E-state index contributed by atoms with van der Waals surface area (Å²) in [4.78, 5) is 22.0. The molecule has 0 unspecified atom stereocenters. The van der Waals surface area contributed by atoms with Gasteiger partial charge in [0.2, 0.25) is 0 Å². The van der Waals surface area contributed by atoms with Crippen molar-refractivity contribution in [3.05, 3.63) is 23.3 Å². The highest BCUT2D eigenvalue weighted by Crippen LogP contribution is 2.28. The first-order valence-electron chi connectivity index (χ1n) is 5.26. The molecular formula is C12H16O3. The Bertz CT molecular complexity index is 324. The van der Waals surface area contributed by atoms with Gasteiger partial charge in [0, 0.05) is 6.42 Å². The lowest BCUT2D eigenvalue weighted by Gasteiger charge is -2.00. The number of carbonyl (C=O) groups is 2. The van der Waals surface area contributed by atoms with E-state index in [2.05, 4.69) is 0 Å². The Hall–Kier alpha value is -1.38. The van der Waals surface area contributed by atoms with Gasteiger partial charge in [0.15, 0.2) is 5.78 Å². The molecule has 0 saturated heterocycles. The molecule has 3 heteroatoms. The fourth-order valence-electron chi connectivity index (χ4n) is 1.77. The van der Waals surface area contributed by atoms with Gasteiger partial charge in [0.25, 0.3) is 0 Å². The third-order valence-corrected chi connectivity index (χ3v) is 2.51. The maximum atomic E-state index is 11.5. The predicted molar refractivity (Wildman–Crippen MR) is 57.6 cm³/mol. The van der Waals surface area contributed by atoms with Crippen molar-refractivity contribution in [3.63, 3.8) is 0 Å². The van der Waals surface area contributed by atoms with E-state index in [0.29, 0.717) is 19.3 Å². The van der Waals surface area contributed by atoms with Gasteiger partial charge in [-0.1, -0.05) is 24.6 Å². The van der Waals surface area contributed by atoms with Crippen molar-refractivity contribution in [1.29, 1.82) is 0 Å². The Morgan fingerprint density at radius 3 is 2.73 bits per heavy atom. The second-order valence-corrected chi connectivity index (χ2v) is 3.66. The third-order valence-electron chi connectivity index (χ3n) is 2.51. The summed E-state index contributed by atoms with van der Waals surface area (Å²) in [6.45, 7) is 2.03. The minimum atomic E-state index is -0.850. The summed E-state index contributed by atoms with van der Waals surface area (Å²) in [5, 5.41) is 8.69. The molecule has 0 heterocycles. The number of carbonyl (C=O) groups excluding carboxylic acids is 1. The van der Waals surface area contributed by atoms with Crippen LogP contribution < -0.4 is 0 Å². The summed E-state index contributed by atoms with van der Waals surface area (Å²) >= 11 is 0. The summed E-state index contributed by atoms with van der Waals surface area (Å²) in [7, 11) is 0. The molecule has 15 heavy (non-hydrogen) atoms. The Morgan fingerprint density at radius 1 is 1.40 bits per heavy atom. The molecule has 0 amide bonds. The van der Waals surface area contributed by atoms with Gasteiger partial charge in [-0.3, -0.25) is 9.59 Å². The number of aliphatic carboxylic acids is 1. The van der Waals surface area contributed by atoms with E-state index in [0.717, 1.165) is 17.6 Å². The van der Waals surface area contributed by atoms with E-state index in [-0.39, 0.29) is 12.2 Å². The quantitative estimate of drug-likeness (QED) is 0.706. The summed E-state index contributed by atoms with van der Waals surface area (Å²) in [5.74, 6) is -0.733. The third kappa shape index (κ3) is 3.35. The fourth-order valence-corrected chi connectivity index (χ4v) is 1.77. The SMILES string of the molecule is CC/C=C\CC1=C(CC(=O)O)CCC1=O. The van der Waals surface area contributed by atoms with Gasteiger partial charge in [0.1, 0.15) is 0 Å². The summed E-state index contributed by atoms with van der Waals surface area (Å²) < 4.78 is 0. The second kappa shape index (κ2) is 5.49. The molecule has 1 N–H and O–H groups in total. The van der Waals surface area contributed by atoms with Crippen LogP contribution >= 0.6 is 0 Å². The minimum absolute atomic E-state index is 0.0149. The molecule has 0 spiro atoms. The molecule has 3 nitrogen and oxygen atoms in total. The van der Waals surface area contributed by atoms with Crippen LogP contribution in [0.5, 0.6) is 0 Å². The molecule has 82 valence electrons. The van der Waals surface area contributed by atoms with Crippen molar-refractivity contribution < 1.29 is 14.7 Å². The van der Waals surface area contributed by atoms with Crippen molar-refractivity contribution in [2.75, 3.05) is 0 Å². The Balaban J connectivity index is 2.72. The Morgan fingerprint density at radius 2 is 2.13 bits per heavy atom. The van der Waals surface area contributed by atoms with Crippen molar-refractivity contribution in [2.45, 2.75) is 39.0 Å². The average molecular weight is 208 g/mol. The number of ketones is 1. The Kier molecular flexibility index (Phi) is 4.28. The van der Waals surface area contributed by atoms with Gasteiger partial charge in [-0.25, -0.2) is 0 Å². The van der Waals surface area contributed by atoms with Crippen LogP contribution in [0.2, 0.25) is 0 Å². The van der Waals surface area contributed by atoms with E-state index in [1.165, 1.54) is 0 Å². The second-order valence-electron chi connectivity index (χ2n) is 3.66. The van der Waals surface area contributed by atoms with Gasteiger partial charge in [-0.05, 0) is 24.8 Å². The molecule has 1 rings (SSSR count). The fraction of sp³-hybridized carbons (Fsp3) is 0.500. The molecule has 0 fully saturated rings. The number of carboxylic acid groups (broad SMARTS) is 1.